The maximum absolute atomic E-state index is 10.3. The van der Waals surface area contributed by atoms with E-state index in [9.17, 15) is 19.2 Å². The van der Waals surface area contributed by atoms with Crippen LogP contribution in [0.2, 0.25) is 0 Å². The fourth-order valence-corrected chi connectivity index (χ4v) is 0.544. The quantitative estimate of drug-likeness (QED) is 0.431. The van der Waals surface area contributed by atoms with E-state index in [4.69, 9.17) is 0 Å². The fraction of sp³-hybridized carbons (Fsp3) is 0.500. The van der Waals surface area contributed by atoms with Crippen molar-refractivity contribution in [2.45, 2.75) is 29.7 Å². The van der Waals surface area contributed by atoms with E-state index in [0.717, 1.165) is 24.3 Å². The largest absolute Gasteiger partial charge is 0.466 e. The molecule has 0 fully saturated rings. The van der Waals surface area contributed by atoms with Crippen LogP contribution in [0.4, 0.5) is 0 Å². The third-order valence-corrected chi connectivity index (χ3v) is 1.52. The van der Waals surface area contributed by atoms with Crippen molar-refractivity contribution in [3.63, 3.8) is 0 Å². The fourth-order valence-electron chi connectivity index (χ4n) is 0.544. The van der Waals surface area contributed by atoms with E-state index in [1.54, 1.807) is 0 Å². The second-order valence-electron chi connectivity index (χ2n) is 2.76. The SMILES string of the molecule is C.C.C.C.COC(=O)/C=C/C(=O)OC.COC(=O)/C=C\C(=O)OC. The van der Waals surface area contributed by atoms with E-state index in [1.165, 1.54) is 28.4 Å². The smallest absolute Gasteiger partial charge is 0.330 e. The Labute approximate surface area is 145 Å². The summed E-state index contributed by atoms with van der Waals surface area (Å²) in [5, 5.41) is 0. The highest BCUT2D eigenvalue weighted by atomic mass is 16.5. The lowest BCUT2D eigenvalue weighted by atomic mass is 10.5. The minimum absolute atomic E-state index is 0. The molecule has 0 aromatic heterocycles. The average Bonchev–Trinajstić information content (AvgIpc) is 2.49. The molecule has 0 rings (SSSR count). The maximum Gasteiger partial charge on any atom is 0.330 e. The van der Waals surface area contributed by atoms with Gasteiger partial charge in [0, 0.05) is 24.3 Å². The molecule has 0 aliphatic carbocycles. The molecular formula is C16H32O8. The van der Waals surface area contributed by atoms with E-state index in [0.29, 0.717) is 0 Å². The average molecular weight is 352 g/mol. The molecule has 0 saturated carbocycles. The number of hydrogen-bond acceptors (Lipinski definition) is 8. The third kappa shape index (κ3) is 27.7. The molecule has 24 heavy (non-hydrogen) atoms. The summed E-state index contributed by atoms with van der Waals surface area (Å²) in [6, 6.07) is 0. The summed E-state index contributed by atoms with van der Waals surface area (Å²) in [7, 11) is 4.90. The topological polar surface area (TPSA) is 105 Å². The Morgan fingerprint density at radius 3 is 0.667 bits per heavy atom. The molecule has 0 radical (unpaired) electrons. The Kier molecular flexibility index (Phi) is 39.6. The number of rotatable bonds is 4. The van der Waals surface area contributed by atoms with Crippen LogP contribution in [-0.2, 0) is 38.1 Å². The van der Waals surface area contributed by atoms with Crippen molar-refractivity contribution in [3.8, 4) is 0 Å². The molecule has 0 N–H and O–H groups in total. The van der Waals surface area contributed by atoms with Gasteiger partial charge in [-0.15, -0.1) is 0 Å². The van der Waals surface area contributed by atoms with E-state index in [2.05, 4.69) is 18.9 Å². The number of esters is 4. The van der Waals surface area contributed by atoms with Crippen LogP contribution in [0.1, 0.15) is 29.7 Å². The molecule has 0 amide bonds. The summed E-state index contributed by atoms with van der Waals surface area (Å²) in [6.07, 6.45) is 3.97. The molecule has 8 nitrogen and oxygen atoms in total. The Bertz CT molecular complexity index is 323. The molecule has 0 atom stereocenters. The van der Waals surface area contributed by atoms with Crippen molar-refractivity contribution < 1.29 is 38.1 Å². The van der Waals surface area contributed by atoms with Gasteiger partial charge in [-0.1, -0.05) is 29.7 Å². The third-order valence-electron chi connectivity index (χ3n) is 1.52. The zero-order chi connectivity index (χ0) is 16.0. The maximum atomic E-state index is 10.3. The number of carbonyl (C=O) groups excluding carboxylic acids is 4. The van der Waals surface area contributed by atoms with Crippen molar-refractivity contribution in [3.05, 3.63) is 24.3 Å². The predicted molar refractivity (Wildman–Crippen MR) is 93.3 cm³/mol. The van der Waals surface area contributed by atoms with Gasteiger partial charge in [0.05, 0.1) is 28.4 Å². The lowest BCUT2D eigenvalue weighted by Gasteiger charge is -1.89. The lowest BCUT2D eigenvalue weighted by Crippen LogP contribution is -1.98. The minimum Gasteiger partial charge on any atom is -0.466 e. The molecule has 144 valence electrons. The highest BCUT2D eigenvalue weighted by Gasteiger charge is 1.95. The Morgan fingerprint density at radius 2 is 0.583 bits per heavy atom. The molecule has 0 aliphatic heterocycles. The Balaban J connectivity index is -0.0000000579. The van der Waals surface area contributed by atoms with Gasteiger partial charge in [0.25, 0.3) is 0 Å². The first-order chi connectivity index (χ1) is 9.40. The first kappa shape index (κ1) is 37.5. The minimum atomic E-state index is -0.578. The van der Waals surface area contributed by atoms with Gasteiger partial charge in [0.2, 0.25) is 0 Å². The van der Waals surface area contributed by atoms with Gasteiger partial charge in [0.1, 0.15) is 0 Å². The molecule has 0 saturated heterocycles. The van der Waals surface area contributed by atoms with Crippen LogP contribution in [0.15, 0.2) is 24.3 Å². The summed E-state index contributed by atoms with van der Waals surface area (Å²) >= 11 is 0. The van der Waals surface area contributed by atoms with Gasteiger partial charge in [-0.2, -0.15) is 0 Å². The lowest BCUT2D eigenvalue weighted by molar-refractivity contribution is -0.137. The van der Waals surface area contributed by atoms with Crippen molar-refractivity contribution >= 4 is 23.9 Å². The number of methoxy groups -OCH3 is 4. The molecule has 8 heteroatoms. The van der Waals surface area contributed by atoms with E-state index >= 15 is 0 Å². The summed E-state index contributed by atoms with van der Waals surface area (Å²) in [4.78, 5) is 41.3. The predicted octanol–water partition coefficient (Wildman–Crippen LogP) is 2.32. The van der Waals surface area contributed by atoms with Crippen molar-refractivity contribution in [2.75, 3.05) is 28.4 Å². The standard InChI is InChI=1S/2C6H8O4.4CH4/c2*1-9-5(7)3-4-6(8)10-2;;;;/h2*3-4H,1-2H3;4*1H4/b4-3+;4-3-;;;;. The van der Waals surface area contributed by atoms with Crippen LogP contribution in [0.5, 0.6) is 0 Å². The zero-order valence-corrected chi connectivity index (χ0v) is 11.6. The van der Waals surface area contributed by atoms with Crippen LogP contribution in [0.3, 0.4) is 0 Å². The molecule has 0 heterocycles. The van der Waals surface area contributed by atoms with Crippen molar-refractivity contribution in [2.24, 2.45) is 0 Å². The molecule has 0 aliphatic rings. The van der Waals surface area contributed by atoms with Crippen LogP contribution in [-0.4, -0.2) is 52.3 Å². The second kappa shape index (κ2) is 25.3. The summed E-state index contributed by atoms with van der Waals surface area (Å²) in [6.45, 7) is 0. The Morgan fingerprint density at radius 1 is 0.458 bits per heavy atom. The molecular weight excluding hydrogens is 320 g/mol. The van der Waals surface area contributed by atoms with Crippen molar-refractivity contribution in [1.82, 2.24) is 0 Å². The monoisotopic (exact) mass is 352 g/mol. The van der Waals surface area contributed by atoms with Crippen LogP contribution in [0.25, 0.3) is 0 Å². The number of hydrogen-bond donors (Lipinski definition) is 0. The second-order valence-corrected chi connectivity index (χ2v) is 2.76. The zero-order valence-electron chi connectivity index (χ0n) is 11.6. The van der Waals surface area contributed by atoms with Gasteiger partial charge < -0.3 is 18.9 Å². The normalized spacial score (nSPS) is 7.83. The van der Waals surface area contributed by atoms with E-state index in [1.807, 2.05) is 0 Å². The summed E-state index contributed by atoms with van der Waals surface area (Å²) in [5.74, 6) is -2.31. The first-order valence-electron chi connectivity index (χ1n) is 5.09. The molecule has 0 spiro atoms. The van der Waals surface area contributed by atoms with Gasteiger partial charge in [0.15, 0.2) is 0 Å². The molecule has 0 unspecified atom stereocenters. The van der Waals surface area contributed by atoms with E-state index < -0.39 is 23.9 Å². The van der Waals surface area contributed by atoms with Gasteiger partial charge in [-0.3, -0.25) is 0 Å². The first-order valence-corrected chi connectivity index (χ1v) is 5.09. The number of carbonyl (C=O) groups is 4. The van der Waals surface area contributed by atoms with E-state index in [-0.39, 0.29) is 29.7 Å². The summed E-state index contributed by atoms with van der Waals surface area (Å²) in [5.41, 5.74) is 0. The molecule has 0 aromatic rings. The van der Waals surface area contributed by atoms with Gasteiger partial charge in [-0.25, -0.2) is 19.2 Å². The summed E-state index contributed by atoms with van der Waals surface area (Å²) < 4.78 is 16.8. The molecule has 0 aromatic carbocycles. The van der Waals surface area contributed by atoms with Crippen LogP contribution < -0.4 is 0 Å². The van der Waals surface area contributed by atoms with Crippen LogP contribution in [0, 0.1) is 0 Å². The Hall–Kier alpha value is -2.64. The number of ether oxygens (including phenoxy) is 4. The van der Waals surface area contributed by atoms with Crippen LogP contribution >= 0.6 is 0 Å². The highest BCUT2D eigenvalue weighted by Crippen LogP contribution is 1.81. The van der Waals surface area contributed by atoms with Gasteiger partial charge >= 0.3 is 23.9 Å². The van der Waals surface area contributed by atoms with Crippen molar-refractivity contribution in [1.29, 1.82) is 0 Å². The molecule has 0 bridgehead atoms. The highest BCUT2D eigenvalue weighted by molar-refractivity contribution is 5.92. The van der Waals surface area contributed by atoms with Gasteiger partial charge in [-0.05, 0) is 0 Å².